The van der Waals surface area contributed by atoms with E-state index >= 15 is 0 Å². The van der Waals surface area contributed by atoms with Crippen molar-refractivity contribution in [2.75, 3.05) is 5.32 Å². The highest BCUT2D eigenvalue weighted by molar-refractivity contribution is 5.95. The summed E-state index contributed by atoms with van der Waals surface area (Å²) in [5.41, 5.74) is 2.93. The first kappa shape index (κ1) is 8.29. The number of carbonyl (C=O) groups is 1. The zero-order valence-corrected chi connectivity index (χ0v) is 8.10. The molecule has 0 aliphatic carbocycles. The van der Waals surface area contributed by atoms with Crippen LogP contribution in [0.4, 0.5) is 5.69 Å². The number of rotatable bonds is 0. The molecule has 1 amide bonds. The lowest BCUT2D eigenvalue weighted by Gasteiger charge is -2.08. The van der Waals surface area contributed by atoms with Crippen molar-refractivity contribution in [2.45, 2.75) is 6.42 Å². The number of aromatic nitrogens is 1. The Morgan fingerprint density at radius 2 is 2.00 bits per heavy atom. The molecule has 1 aromatic heterocycles. The molecule has 0 unspecified atom stereocenters. The van der Waals surface area contributed by atoms with Crippen LogP contribution in [0.2, 0.25) is 0 Å². The molecule has 0 fully saturated rings. The number of carbonyl (C=O) groups excluding carboxylic acids is 1. The molecule has 2 aromatic rings. The maximum absolute atomic E-state index is 11.6. The van der Waals surface area contributed by atoms with Crippen molar-refractivity contribution in [3.05, 3.63) is 48.3 Å². The smallest absolute Gasteiger partial charge is 0.230 e. The largest absolute Gasteiger partial charge is 0.324 e. The summed E-state index contributed by atoms with van der Waals surface area (Å²) in [6.07, 6.45) is 2.41. The first-order valence-electron chi connectivity index (χ1n) is 4.90. The second-order valence-electron chi connectivity index (χ2n) is 3.61. The molecule has 1 aliphatic rings. The zero-order chi connectivity index (χ0) is 10.3. The predicted molar refractivity (Wildman–Crippen MR) is 58.1 cm³/mol. The average Bonchev–Trinajstić information content (AvgIpc) is 2.62. The maximum atomic E-state index is 11.6. The van der Waals surface area contributed by atoms with Gasteiger partial charge in [-0.15, -0.1) is 0 Å². The molecule has 1 N–H and O–H groups in total. The fourth-order valence-corrected chi connectivity index (χ4v) is 1.94. The van der Waals surface area contributed by atoms with Gasteiger partial charge in [0.2, 0.25) is 5.91 Å². The summed E-state index contributed by atoms with van der Waals surface area (Å²) in [7, 11) is 0. The molecule has 0 saturated carbocycles. The minimum atomic E-state index is 0.0416. The molecule has 1 aromatic carbocycles. The van der Waals surface area contributed by atoms with Gasteiger partial charge in [-0.2, -0.15) is 0 Å². The Labute approximate surface area is 87.3 Å². The molecular formula is C12H10N2O. The predicted octanol–water partition coefficient (Wildman–Crippen LogP) is 1.97. The molecule has 0 saturated heterocycles. The number of para-hydroxylation sites is 2. The molecule has 2 heterocycles. The highest BCUT2D eigenvalue weighted by Crippen LogP contribution is 2.25. The second kappa shape index (κ2) is 2.98. The summed E-state index contributed by atoms with van der Waals surface area (Å²) < 4.78 is 2.05. The van der Waals surface area contributed by atoms with E-state index in [1.54, 1.807) is 0 Å². The van der Waals surface area contributed by atoms with Crippen LogP contribution < -0.4 is 5.32 Å². The SMILES string of the molecule is O=C1Cc2cccn2-c2ccccc2N1. The minimum absolute atomic E-state index is 0.0416. The van der Waals surface area contributed by atoms with Gasteiger partial charge in [-0.25, -0.2) is 0 Å². The first-order valence-corrected chi connectivity index (χ1v) is 4.90. The lowest BCUT2D eigenvalue weighted by atomic mass is 10.2. The van der Waals surface area contributed by atoms with E-state index in [1.165, 1.54) is 0 Å². The van der Waals surface area contributed by atoms with Crippen LogP contribution >= 0.6 is 0 Å². The Balaban J connectivity index is 2.29. The number of hydrogen-bond donors (Lipinski definition) is 1. The molecule has 3 nitrogen and oxygen atoms in total. The molecule has 0 atom stereocenters. The van der Waals surface area contributed by atoms with E-state index < -0.39 is 0 Å². The van der Waals surface area contributed by atoms with Crippen LogP contribution in [0.5, 0.6) is 0 Å². The van der Waals surface area contributed by atoms with Crippen molar-refractivity contribution in [1.82, 2.24) is 4.57 Å². The van der Waals surface area contributed by atoms with Crippen molar-refractivity contribution in [2.24, 2.45) is 0 Å². The fraction of sp³-hybridized carbons (Fsp3) is 0.0833. The van der Waals surface area contributed by atoms with Gasteiger partial charge in [-0.3, -0.25) is 4.79 Å². The Bertz CT molecular complexity index is 528. The molecule has 3 rings (SSSR count). The Kier molecular flexibility index (Phi) is 1.65. The lowest BCUT2D eigenvalue weighted by Crippen LogP contribution is -2.12. The van der Waals surface area contributed by atoms with Crippen molar-refractivity contribution in [1.29, 1.82) is 0 Å². The number of hydrogen-bond acceptors (Lipinski definition) is 1. The van der Waals surface area contributed by atoms with Crippen LogP contribution in [0.15, 0.2) is 42.6 Å². The van der Waals surface area contributed by atoms with Crippen molar-refractivity contribution in [3.8, 4) is 5.69 Å². The van der Waals surface area contributed by atoms with E-state index in [2.05, 4.69) is 5.32 Å². The van der Waals surface area contributed by atoms with E-state index in [9.17, 15) is 4.79 Å². The van der Waals surface area contributed by atoms with Gasteiger partial charge in [0.25, 0.3) is 0 Å². The van der Waals surface area contributed by atoms with E-state index in [0.29, 0.717) is 6.42 Å². The summed E-state index contributed by atoms with van der Waals surface area (Å²) in [4.78, 5) is 11.6. The van der Waals surface area contributed by atoms with Crippen LogP contribution in [0, 0.1) is 0 Å². The third kappa shape index (κ3) is 1.24. The van der Waals surface area contributed by atoms with Gasteiger partial charge in [0, 0.05) is 11.9 Å². The lowest BCUT2D eigenvalue weighted by molar-refractivity contribution is -0.115. The first-order chi connectivity index (χ1) is 7.34. The zero-order valence-electron chi connectivity index (χ0n) is 8.10. The highest BCUT2D eigenvalue weighted by Gasteiger charge is 2.16. The third-order valence-corrected chi connectivity index (χ3v) is 2.61. The quantitative estimate of drug-likeness (QED) is 0.690. The van der Waals surface area contributed by atoms with Gasteiger partial charge in [0.05, 0.1) is 17.8 Å². The van der Waals surface area contributed by atoms with Gasteiger partial charge >= 0.3 is 0 Å². The molecule has 0 bridgehead atoms. The summed E-state index contributed by atoms with van der Waals surface area (Å²) in [5, 5.41) is 2.90. The normalized spacial score (nSPS) is 13.7. The van der Waals surface area contributed by atoms with Gasteiger partial charge < -0.3 is 9.88 Å². The molecule has 15 heavy (non-hydrogen) atoms. The molecule has 3 heteroatoms. The van der Waals surface area contributed by atoms with E-state index in [4.69, 9.17) is 0 Å². The average molecular weight is 198 g/mol. The minimum Gasteiger partial charge on any atom is -0.324 e. The van der Waals surface area contributed by atoms with Crippen LogP contribution in [-0.2, 0) is 11.2 Å². The Morgan fingerprint density at radius 3 is 2.93 bits per heavy atom. The molecule has 74 valence electrons. The molecular weight excluding hydrogens is 188 g/mol. The number of fused-ring (bicyclic) bond motifs is 3. The number of anilines is 1. The van der Waals surface area contributed by atoms with E-state index in [1.807, 2.05) is 47.2 Å². The maximum Gasteiger partial charge on any atom is 0.230 e. The monoisotopic (exact) mass is 198 g/mol. The van der Waals surface area contributed by atoms with Gasteiger partial charge in [-0.05, 0) is 24.3 Å². The number of nitrogens with zero attached hydrogens (tertiary/aromatic N) is 1. The Morgan fingerprint density at radius 1 is 1.13 bits per heavy atom. The van der Waals surface area contributed by atoms with Crippen molar-refractivity contribution < 1.29 is 4.79 Å². The molecule has 0 radical (unpaired) electrons. The van der Waals surface area contributed by atoms with E-state index in [-0.39, 0.29) is 5.91 Å². The molecule has 1 aliphatic heterocycles. The van der Waals surface area contributed by atoms with Crippen LogP contribution in [0.1, 0.15) is 5.69 Å². The number of amides is 1. The van der Waals surface area contributed by atoms with Gasteiger partial charge in [0.15, 0.2) is 0 Å². The molecule has 0 spiro atoms. The summed E-state index contributed by atoms with van der Waals surface area (Å²) in [6, 6.07) is 11.8. The number of benzene rings is 1. The Hall–Kier alpha value is -2.03. The van der Waals surface area contributed by atoms with Crippen molar-refractivity contribution >= 4 is 11.6 Å². The van der Waals surface area contributed by atoms with Gasteiger partial charge in [-0.1, -0.05) is 12.1 Å². The van der Waals surface area contributed by atoms with Crippen LogP contribution in [-0.4, -0.2) is 10.5 Å². The van der Waals surface area contributed by atoms with Crippen LogP contribution in [0.3, 0.4) is 0 Å². The van der Waals surface area contributed by atoms with Crippen LogP contribution in [0.25, 0.3) is 5.69 Å². The fourth-order valence-electron chi connectivity index (χ4n) is 1.94. The third-order valence-electron chi connectivity index (χ3n) is 2.61. The van der Waals surface area contributed by atoms with Gasteiger partial charge in [0.1, 0.15) is 0 Å². The van der Waals surface area contributed by atoms with E-state index in [0.717, 1.165) is 17.1 Å². The summed E-state index contributed by atoms with van der Waals surface area (Å²) in [6.45, 7) is 0. The topological polar surface area (TPSA) is 34.0 Å². The summed E-state index contributed by atoms with van der Waals surface area (Å²) >= 11 is 0. The highest BCUT2D eigenvalue weighted by atomic mass is 16.1. The number of nitrogens with one attached hydrogen (secondary N) is 1. The van der Waals surface area contributed by atoms with Crippen molar-refractivity contribution in [3.63, 3.8) is 0 Å². The second-order valence-corrected chi connectivity index (χ2v) is 3.61. The standard InChI is InChI=1S/C12H10N2O/c15-12-8-9-4-3-7-14(9)11-6-2-1-5-10(11)13-12/h1-7H,8H2,(H,13,15). The summed E-state index contributed by atoms with van der Waals surface area (Å²) in [5.74, 6) is 0.0416.